The molecule has 0 heterocycles. The molecular formula is C15H24BrN3O2. The maximum Gasteiger partial charge on any atom is 0.407 e. The minimum Gasteiger partial charge on any atom is -0.444 e. The number of nitrogens with one attached hydrogen (secondary N) is 2. The number of amides is 1. The van der Waals surface area contributed by atoms with Crippen molar-refractivity contribution in [1.29, 1.82) is 0 Å². The van der Waals surface area contributed by atoms with Crippen LogP contribution in [-0.4, -0.2) is 30.8 Å². The molecule has 21 heavy (non-hydrogen) atoms. The Hall–Kier alpha value is -1.27. The van der Waals surface area contributed by atoms with E-state index in [2.05, 4.69) is 26.6 Å². The lowest BCUT2D eigenvalue weighted by Gasteiger charge is -2.22. The largest absolute Gasteiger partial charge is 0.444 e. The van der Waals surface area contributed by atoms with Gasteiger partial charge < -0.3 is 21.1 Å². The van der Waals surface area contributed by atoms with Crippen molar-refractivity contribution in [3.8, 4) is 0 Å². The first-order chi connectivity index (χ1) is 9.69. The summed E-state index contributed by atoms with van der Waals surface area (Å²) in [5, 5.41) is 6.03. The predicted molar refractivity (Wildman–Crippen MR) is 89.6 cm³/mol. The predicted octanol–water partition coefficient (Wildman–Crippen LogP) is 3.02. The highest BCUT2D eigenvalue weighted by atomic mass is 79.9. The van der Waals surface area contributed by atoms with Crippen LogP contribution in [0, 0.1) is 6.92 Å². The van der Waals surface area contributed by atoms with Crippen molar-refractivity contribution in [3.05, 3.63) is 28.2 Å². The van der Waals surface area contributed by atoms with Gasteiger partial charge in [0.05, 0.1) is 6.04 Å². The fraction of sp³-hybridized carbons (Fsp3) is 0.533. The van der Waals surface area contributed by atoms with Crippen LogP contribution >= 0.6 is 15.9 Å². The Bertz CT molecular complexity index is 466. The zero-order chi connectivity index (χ0) is 16.0. The van der Waals surface area contributed by atoms with Crippen LogP contribution in [0.15, 0.2) is 22.7 Å². The molecule has 0 spiro atoms. The second-order valence-corrected chi connectivity index (χ2v) is 6.89. The molecular weight excluding hydrogens is 334 g/mol. The lowest BCUT2D eigenvalue weighted by molar-refractivity contribution is 0.0526. The van der Waals surface area contributed by atoms with Gasteiger partial charge in [0.25, 0.3) is 0 Å². The van der Waals surface area contributed by atoms with Gasteiger partial charge in [0, 0.05) is 23.2 Å². The maximum atomic E-state index is 11.6. The molecule has 0 saturated heterocycles. The van der Waals surface area contributed by atoms with Crippen LogP contribution in [-0.2, 0) is 4.74 Å². The zero-order valence-corrected chi connectivity index (χ0v) is 14.6. The second-order valence-electron chi connectivity index (χ2n) is 5.98. The van der Waals surface area contributed by atoms with Gasteiger partial charge in [-0.2, -0.15) is 0 Å². The van der Waals surface area contributed by atoms with Crippen LogP contribution in [0.3, 0.4) is 0 Å². The Morgan fingerprint density at radius 2 is 2.05 bits per heavy atom. The third-order valence-corrected chi connectivity index (χ3v) is 3.05. The number of anilines is 1. The summed E-state index contributed by atoms with van der Waals surface area (Å²) < 4.78 is 6.20. The van der Waals surface area contributed by atoms with E-state index in [1.54, 1.807) is 0 Å². The fourth-order valence-electron chi connectivity index (χ4n) is 1.77. The number of hydrogen-bond acceptors (Lipinski definition) is 4. The van der Waals surface area contributed by atoms with E-state index in [4.69, 9.17) is 10.5 Å². The van der Waals surface area contributed by atoms with Crippen LogP contribution in [0.25, 0.3) is 0 Å². The Morgan fingerprint density at radius 3 is 2.57 bits per heavy atom. The molecule has 118 valence electrons. The molecule has 1 unspecified atom stereocenters. The quantitative estimate of drug-likeness (QED) is 0.756. The van der Waals surface area contributed by atoms with Gasteiger partial charge >= 0.3 is 6.09 Å². The average Bonchev–Trinajstić information content (AvgIpc) is 2.31. The van der Waals surface area contributed by atoms with Crippen LogP contribution in [0.2, 0.25) is 0 Å². The maximum absolute atomic E-state index is 11.6. The van der Waals surface area contributed by atoms with Gasteiger partial charge in [0.2, 0.25) is 0 Å². The van der Waals surface area contributed by atoms with E-state index in [1.807, 2.05) is 45.9 Å². The van der Waals surface area contributed by atoms with Crippen molar-refractivity contribution in [2.45, 2.75) is 39.3 Å². The Labute approximate surface area is 134 Å². The number of hydrogen-bond donors (Lipinski definition) is 3. The van der Waals surface area contributed by atoms with Gasteiger partial charge in [-0.25, -0.2) is 4.79 Å². The summed E-state index contributed by atoms with van der Waals surface area (Å²) in [6, 6.07) is 5.97. The summed E-state index contributed by atoms with van der Waals surface area (Å²) in [5.41, 5.74) is 7.34. The Morgan fingerprint density at radius 1 is 1.38 bits per heavy atom. The smallest absolute Gasteiger partial charge is 0.407 e. The molecule has 0 bridgehead atoms. The minimum atomic E-state index is -0.503. The van der Waals surface area contributed by atoms with Crippen molar-refractivity contribution < 1.29 is 9.53 Å². The molecule has 0 aromatic heterocycles. The molecule has 1 aromatic carbocycles. The van der Waals surface area contributed by atoms with Crippen LogP contribution in [0.5, 0.6) is 0 Å². The van der Waals surface area contributed by atoms with Crippen LogP contribution in [0.4, 0.5) is 10.5 Å². The number of halogens is 1. The van der Waals surface area contributed by atoms with Gasteiger partial charge in [-0.1, -0.05) is 15.9 Å². The Kier molecular flexibility index (Phi) is 6.48. The summed E-state index contributed by atoms with van der Waals surface area (Å²) in [6.45, 7) is 8.31. The van der Waals surface area contributed by atoms with Crippen molar-refractivity contribution in [2.75, 3.05) is 18.4 Å². The summed E-state index contributed by atoms with van der Waals surface area (Å²) >= 11 is 3.46. The third kappa shape index (κ3) is 7.34. The van der Waals surface area contributed by atoms with E-state index in [0.29, 0.717) is 13.1 Å². The molecule has 6 heteroatoms. The third-order valence-electron chi connectivity index (χ3n) is 2.59. The number of carbonyl (C=O) groups is 1. The monoisotopic (exact) mass is 357 g/mol. The molecule has 0 aliphatic carbocycles. The molecule has 1 rings (SSSR count). The lowest BCUT2D eigenvalue weighted by Crippen LogP contribution is -2.42. The second kappa shape index (κ2) is 7.66. The number of alkyl carbamates (subject to hydrolysis) is 1. The number of benzene rings is 1. The first-order valence-electron chi connectivity index (χ1n) is 6.90. The first kappa shape index (κ1) is 17.8. The minimum absolute atomic E-state index is 0.0637. The van der Waals surface area contributed by atoms with Crippen molar-refractivity contribution >= 4 is 27.7 Å². The molecule has 0 radical (unpaired) electrons. The Balaban J connectivity index is 2.54. The van der Waals surface area contributed by atoms with Gasteiger partial charge in [0.1, 0.15) is 5.60 Å². The van der Waals surface area contributed by atoms with Crippen molar-refractivity contribution in [1.82, 2.24) is 5.32 Å². The van der Waals surface area contributed by atoms with E-state index in [1.165, 1.54) is 0 Å². The molecule has 5 nitrogen and oxygen atoms in total. The molecule has 0 saturated carbocycles. The van der Waals surface area contributed by atoms with E-state index in [0.717, 1.165) is 15.7 Å². The lowest BCUT2D eigenvalue weighted by atomic mass is 10.2. The van der Waals surface area contributed by atoms with Crippen LogP contribution < -0.4 is 16.4 Å². The molecule has 0 aliphatic heterocycles. The summed E-state index contributed by atoms with van der Waals surface area (Å²) in [5.74, 6) is 0. The highest BCUT2D eigenvalue weighted by molar-refractivity contribution is 9.10. The number of aryl methyl sites for hydroxylation is 1. The van der Waals surface area contributed by atoms with Gasteiger partial charge in [-0.15, -0.1) is 0 Å². The van der Waals surface area contributed by atoms with Gasteiger partial charge in [-0.3, -0.25) is 0 Å². The normalized spacial score (nSPS) is 12.7. The van der Waals surface area contributed by atoms with E-state index in [-0.39, 0.29) is 6.04 Å². The molecule has 1 atom stereocenters. The summed E-state index contributed by atoms with van der Waals surface area (Å²) in [7, 11) is 0. The van der Waals surface area contributed by atoms with Gasteiger partial charge in [-0.05, 0) is 51.5 Å². The molecule has 0 aliphatic rings. The highest BCUT2D eigenvalue weighted by Crippen LogP contribution is 2.19. The summed E-state index contributed by atoms with van der Waals surface area (Å²) in [4.78, 5) is 11.6. The number of carbonyl (C=O) groups excluding carboxylic acids is 1. The SMILES string of the molecule is Cc1cc(Br)cc(NC(CN)CNC(=O)OC(C)(C)C)c1. The molecule has 1 amide bonds. The number of rotatable bonds is 5. The van der Waals surface area contributed by atoms with E-state index < -0.39 is 11.7 Å². The van der Waals surface area contributed by atoms with Gasteiger partial charge in [0.15, 0.2) is 0 Å². The molecule has 4 N–H and O–H groups in total. The van der Waals surface area contributed by atoms with E-state index in [9.17, 15) is 4.79 Å². The van der Waals surface area contributed by atoms with Crippen molar-refractivity contribution in [3.63, 3.8) is 0 Å². The topological polar surface area (TPSA) is 76.4 Å². The molecule has 0 fully saturated rings. The zero-order valence-electron chi connectivity index (χ0n) is 13.0. The number of nitrogens with two attached hydrogens (primary N) is 1. The van der Waals surface area contributed by atoms with Crippen molar-refractivity contribution in [2.24, 2.45) is 5.73 Å². The fourth-order valence-corrected chi connectivity index (χ4v) is 2.38. The standard InChI is InChI=1S/C15H24BrN3O2/c1-10-5-11(16)7-12(6-10)19-13(8-17)9-18-14(20)21-15(2,3)4/h5-7,13,19H,8-9,17H2,1-4H3,(H,18,20). The number of ether oxygens (including phenoxy) is 1. The van der Waals surface area contributed by atoms with E-state index >= 15 is 0 Å². The first-order valence-corrected chi connectivity index (χ1v) is 7.69. The molecule has 1 aromatic rings. The van der Waals surface area contributed by atoms with Crippen LogP contribution in [0.1, 0.15) is 26.3 Å². The summed E-state index contributed by atoms with van der Waals surface area (Å²) in [6.07, 6.45) is -0.437. The highest BCUT2D eigenvalue weighted by Gasteiger charge is 2.17. The average molecular weight is 358 g/mol.